The van der Waals surface area contributed by atoms with Crippen molar-refractivity contribution in [1.82, 2.24) is 20.9 Å². The van der Waals surface area contributed by atoms with Gasteiger partial charge in [-0.2, -0.15) is 0 Å². The Morgan fingerprint density at radius 3 is 2.51 bits per heavy atom. The molecule has 268 valence electrons. The Hall–Kier alpha value is -3.91. The zero-order valence-electron chi connectivity index (χ0n) is 28.6. The van der Waals surface area contributed by atoms with E-state index in [4.69, 9.17) is 30.6 Å². The zero-order valence-corrected chi connectivity index (χ0v) is 29.4. The minimum Gasteiger partial charge on any atom is -0.495 e. The number of rotatable bonds is 12. The summed E-state index contributed by atoms with van der Waals surface area (Å²) < 4.78 is 16.1. The number of Topliss-reactive ketones (excluding diaryl/α,β-unsaturated/α-hetero) is 1. The van der Waals surface area contributed by atoms with Crippen LogP contribution in [0.2, 0.25) is 5.02 Å². The van der Waals surface area contributed by atoms with Crippen LogP contribution < -0.4 is 20.7 Å². The molecule has 15 heteroatoms. The van der Waals surface area contributed by atoms with E-state index < -0.39 is 64.8 Å². The number of hydrogen-bond donors (Lipinski definition) is 3. The maximum Gasteiger partial charge on any atom is 0.408 e. The van der Waals surface area contributed by atoms with E-state index in [1.165, 1.54) is 12.0 Å². The maximum atomic E-state index is 14.5. The molecule has 2 saturated heterocycles. The predicted octanol–water partition coefficient (Wildman–Crippen LogP) is 2.88. The van der Waals surface area contributed by atoms with Gasteiger partial charge in [0.15, 0.2) is 5.60 Å². The second-order valence-electron chi connectivity index (χ2n) is 14.3. The monoisotopic (exact) mass is 703 g/mol. The minimum atomic E-state index is -1.11. The number of oxime groups is 1. The number of benzene rings is 1. The van der Waals surface area contributed by atoms with Gasteiger partial charge in [0.2, 0.25) is 17.6 Å². The summed E-state index contributed by atoms with van der Waals surface area (Å²) in [5.41, 5.74) is -0.617. The summed E-state index contributed by atoms with van der Waals surface area (Å²) in [7, 11) is 1.52. The highest BCUT2D eigenvalue weighted by molar-refractivity contribution is 6.38. The van der Waals surface area contributed by atoms with E-state index in [2.05, 4.69) is 21.1 Å². The third kappa shape index (κ3) is 8.64. The standard InChI is InChI=1S/C34H46ClN5O9/c1-6-7-23(27(41)30(43)36-20-9-10-20)37-29(42)25-16-34(15-24(39-49-34)19-8-11-26(46-5)22(35)14-19)18-40(25)31(44)28(33(2,3)4)38-32(45)48-21-12-13-47-17-21/h8,11,14,20-21,23,25,28H,6-7,9-10,12-13,15-18H2,1-5H3,(H,36,43)(H,37,42)(H,38,45)/t21-,23-,25-,28+,34-/m0/s1. The smallest absolute Gasteiger partial charge is 0.408 e. The molecule has 1 spiro atoms. The highest BCUT2D eigenvalue weighted by Crippen LogP contribution is 2.40. The molecule has 14 nitrogen and oxygen atoms in total. The van der Waals surface area contributed by atoms with Gasteiger partial charge in [0.1, 0.15) is 23.9 Å². The van der Waals surface area contributed by atoms with Crippen LogP contribution in [0.5, 0.6) is 5.75 Å². The Morgan fingerprint density at radius 2 is 1.90 bits per heavy atom. The Balaban J connectivity index is 1.39. The molecular weight excluding hydrogens is 658 g/mol. The molecule has 3 N–H and O–H groups in total. The number of nitrogens with one attached hydrogen (secondary N) is 3. The van der Waals surface area contributed by atoms with Crippen LogP contribution in [-0.4, -0.2) is 103 Å². The average Bonchev–Trinajstić information content (AvgIpc) is 3.39. The molecule has 3 heterocycles. The van der Waals surface area contributed by atoms with E-state index in [-0.39, 0.29) is 38.5 Å². The van der Waals surface area contributed by atoms with Crippen LogP contribution >= 0.6 is 11.6 Å². The fourth-order valence-corrected chi connectivity index (χ4v) is 6.58. The summed E-state index contributed by atoms with van der Waals surface area (Å²) in [6, 6.07) is 1.91. The fourth-order valence-electron chi connectivity index (χ4n) is 6.32. The summed E-state index contributed by atoms with van der Waals surface area (Å²) in [6.07, 6.45) is 2.03. The van der Waals surface area contributed by atoms with Crippen molar-refractivity contribution in [3.63, 3.8) is 0 Å². The third-order valence-electron chi connectivity index (χ3n) is 9.19. The lowest BCUT2D eigenvalue weighted by atomic mass is 9.85. The van der Waals surface area contributed by atoms with Crippen molar-refractivity contribution in [2.75, 3.05) is 26.9 Å². The van der Waals surface area contributed by atoms with Gasteiger partial charge in [-0.25, -0.2) is 4.79 Å². The molecule has 1 aromatic rings. The largest absolute Gasteiger partial charge is 0.495 e. The van der Waals surface area contributed by atoms with Crippen molar-refractivity contribution in [1.29, 1.82) is 0 Å². The van der Waals surface area contributed by atoms with Gasteiger partial charge in [-0.15, -0.1) is 0 Å². The minimum absolute atomic E-state index is 0.0266. The second kappa shape index (κ2) is 14.9. The SMILES string of the molecule is CCC[C@H](NC(=O)[C@@H]1C[C@@]2(CC(c3ccc(OC)c(Cl)c3)=NO2)CN1C(=O)[C@@H](NC(=O)O[C@H]1CCOC1)C(C)(C)C)C(=O)C(=O)NC1CC1. The van der Waals surface area contributed by atoms with Crippen LogP contribution in [0.1, 0.15) is 78.2 Å². The first kappa shape index (κ1) is 36.4. The van der Waals surface area contributed by atoms with Gasteiger partial charge >= 0.3 is 6.09 Å². The first-order valence-corrected chi connectivity index (χ1v) is 17.2. The number of ketones is 1. The van der Waals surface area contributed by atoms with Crippen LogP contribution in [0.3, 0.4) is 0 Å². The first-order chi connectivity index (χ1) is 23.2. The highest BCUT2D eigenvalue weighted by atomic mass is 35.5. The number of carbonyl (C=O) groups excluding carboxylic acids is 5. The molecule has 49 heavy (non-hydrogen) atoms. The molecule has 1 aliphatic carbocycles. The molecule has 4 aliphatic rings. The molecule has 3 fully saturated rings. The van der Waals surface area contributed by atoms with E-state index in [1.54, 1.807) is 39.0 Å². The van der Waals surface area contributed by atoms with Gasteiger partial charge in [0, 0.05) is 30.9 Å². The number of methoxy groups -OCH3 is 1. The molecule has 5 atom stereocenters. The topological polar surface area (TPSA) is 174 Å². The molecule has 4 amide bonds. The zero-order chi connectivity index (χ0) is 35.5. The lowest BCUT2D eigenvalue weighted by Crippen LogP contribution is -2.59. The summed E-state index contributed by atoms with van der Waals surface area (Å²) >= 11 is 6.38. The Labute approximate surface area is 290 Å². The molecule has 1 aromatic carbocycles. The van der Waals surface area contributed by atoms with Gasteiger partial charge in [0.25, 0.3) is 5.91 Å². The third-order valence-corrected chi connectivity index (χ3v) is 9.49. The van der Waals surface area contributed by atoms with Crippen molar-refractivity contribution in [2.24, 2.45) is 10.6 Å². The van der Waals surface area contributed by atoms with Crippen LogP contribution in [0.4, 0.5) is 4.79 Å². The highest BCUT2D eigenvalue weighted by Gasteiger charge is 2.56. The number of nitrogens with zero attached hydrogens (tertiary/aromatic N) is 2. The van der Waals surface area contributed by atoms with Crippen molar-refractivity contribution < 1.29 is 43.0 Å². The Kier molecular flexibility index (Phi) is 11.1. The van der Waals surface area contributed by atoms with Crippen molar-refractivity contribution in [3.05, 3.63) is 28.8 Å². The Bertz CT molecular complexity index is 1490. The van der Waals surface area contributed by atoms with Crippen molar-refractivity contribution in [2.45, 2.75) is 109 Å². The number of alkyl carbamates (subject to hydrolysis) is 1. The van der Waals surface area contributed by atoms with Crippen LogP contribution in [0.15, 0.2) is 23.4 Å². The summed E-state index contributed by atoms with van der Waals surface area (Å²) in [6.45, 7) is 7.95. The molecule has 1 saturated carbocycles. The summed E-state index contributed by atoms with van der Waals surface area (Å²) in [4.78, 5) is 74.8. The van der Waals surface area contributed by atoms with Crippen molar-refractivity contribution in [3.8, 4) is 5.75 Å². The lowest BCUT2D eigenvalue weighted by molar-refractivity contribution is -0.144. The van der Waals surface area contributed by atoms with E-state index in [9.17, 15) is 24.0 Å². The number of hydrogen-bond acceptors (Lipinski definition) is 10. The lowest BCUT2D eigenvalue weighted by Gasteiger charge is -2.35. The summed E-state index contributed by atoms with van der Waals surface area (Å²) in [5.74, 6) is -2.12. The average molecular weight is 704 g/mol. The van der Waals surface area contributed by atoms with Crippen LogP contribution in [0.25, 0.3) is 0 Å². The second-order valence-corrected chi connectivity index (χ2v) is 14.7. The van der Waals surface area contributed by atoms with Gasteiger partial charge in [-0.3, -0.25) is 19.2 Å². The number of likely N-dealkylation sites (tertiary alicyclic amines) is 1. The molecule has 0 radical (unpaired) electrons. The molecule has 0 bridgehead atoms. The predicted molar refractivity (Wildman–Crippen MR) is 178 cm³/mol. The number of halogens is 1. The normalized spacial score (nSPS) is 24.4. The molecular formula is C34H46ClN5O9. The van der Waals surface area contributed by atoms with Gasteiger partial charge in [-0.1, -0.05) is 50.9 Å². The van der Waals surface area contributed by atoms with Gasteiger partial charge in [-0.05, 0) is 42.9 Å². The first-order valence-electron chi connectivity index (χ1n) is 16.8. The summed E-state index contributed by atoms with van der Waals surface area (Å²) in [5, 5.41) is 12.9. The van der Waals surface area contributed by atoms with E-state index in [0.29, 0.717) is 41.5 Å². The number of amides is 4. The molecule has 0 unspecified atom stereocenters. The van der Waals surface area contributed by atoms with Gasteiger partial charge < -0.3 is 39.9 Å². The van der Waals surface area contributed by atoms with Crippen LogP contribution in [-0.2, 0) is 33.5 Å². The van der Waals surface area contributed by atoms with E-state index >= 15 is 0 Å². The number of carbonyl (C=O) groups is 5. The molecule has 3 aliphatic heterocycles. The van der Waals surface area contributed by atoms with Crippen LogP contribution in [0, 0.1) is 5.41 Å². The molecule has 5 rings (SSSR count). The maximum absolute atomic E-state index is 14.5. The van der Waals surface area contributed by atoms with E-state index in [0.717, 1.165) is 12.8 Å². The van der Waals surface area contributed by atoms with E-state index in [1.807, 2.05) is 6.92 Å². The fraction of sp³-hybridized carbons (Fsp3) is 0.647. The quantitative estimate of drug-likeness (QED) is 0.277. The van der Waals surface area contributed by atoms with Crippen molar-refractivity contribution >= 4 is 46.9 Å². The van der Waals surface area contributed by atoms with Gasteiger partial charge in [0.05, 0.1) is 43.6 Å². The number of ether oxygens (including phenoxy) is 3. The Morgan fingerprint density at radius 1 is 1.14 bits per heavy atom. The molecule has 0 aromatic heterocycles.